The molecule has 0 aliphatic carbocycles. The van der Waals surface area contributed by atoms with Gasteiger partial charge in [0.2, 0.25) is 5.91 Å². The molecule has 19 heavy (non-hydrogen) atoms. The molecular formula is C15H24N2O2. The van der Waals surface area contributed by atoms with Crippen molar-refractivity contribution < 1.29 is 9.53 Å². The van der Waals surface area contributed by atoms with E-state index in [4.69, 9.17) is 10.5 Å². The molecule has 0 aliphatic rings. The van der Waals surface area contributed by atoms with Crippen molar-refractivity contribution in [3.63, 3.8) is 0 Å². The number of hydrogen-bond acceptors (Lipinski definition) is 3. The number of ether oxygens (including phenoxy) is 1. The number of nitrogens with two attached hydrogens (primary N) is 1. The minimum Gasteiger partial charge on any atom is -0.380 e. The second-order valence-electron chi connectivity index (χ2n) is 5.89. The van der Waals surface area contributed by atoms with Crippen LogP contribution in [0.3, 0.4) is 0 Å². The Labute approximate surface area is 115 Å². The van der Waals surface area contributed by atoms with E-state index in [9.17, 15) is 4.79 Å². The van der Waals surface area contributed by atoms with Crippen molar-refractivity contribution in [3.05, 3.63) is 29.8 Å². The maximum absolute atomic E-state index is 12.4. The first-order chi connectivity index (χ1) is 8.70. The highest BCUT2D eigenvalue weighted by Gasteiger charge is 2.40. The fourth-order valence-electron chi connectivity index (χ4n) is 1.49. The third kappa shape index (κ3) is 3.55. The predicted octanol–water partition coefficient (Wildman–Crippen LogP) is 2.54. The van der Waals surface area contributed by atoms with E-state index in [2.05, 4.69) is 5.32 Å². The van der Waals surface area contributed by atoms with Crippen LogP contribution < -0.4 is 11.1 Å². The number of nitrogens with one attached hydrogen (secondary N) is 1. The van der Waals surface area contributed by atoms with Crippen molar-refractivity contribution in [1.29, 1.82) is 0 Å². The predicted molar refractivity (Wildman–Crippen MR) is 77.8 cm³/mol. The molecule has 4 nitrogen and oxygen atoms in total. The van der Waals surface area contributed by atoms with Crippen LogP contribution in [0.1, 0.15) is 33.3 Å². The van der Waals surface area contributed by atoms with Gasteiger partial charge in [-0.2, -0.15) is 0 Å². The van der Waals surface area contributed by atoms with Crippen LogP contribution in [0.25, 0.3) is 0 Å². The highest BCUT2D eigenvalue weighted by molar-refractivity contribution is 5.96. The first-order valence-electron chi connectivity index (χ1n) is 6.37. The fourth-order valence-corrected chi connectivity index (χ4v) is 1.49. The molecule has 0 spiro atoms. The molecule has 1 amide bonds. The fraction of sp³-hybridized carbons (Fsp3) is 0.533. The molecule has 0 aliphatic heterocycles. The molecule has 0 aromatic heterocycles. The van der Waals surface area contributed by atoms with Crippen LogP contribution in [-0.4, -0.2) is 18.6 Å². The summed E-state index contributed by atoms with van der Waals surface area (Å²) in [6.07, 6.45) is 0. The van der Waals surface area contributed by atoms with Crippen LogP contribution in [0.15, 0.2) is 24.3 Å². The van der Waals surface area contributed by atoms with Gasteiger partial charge in [-0.15, -0.1) is 0 Å². The lowest BCUT2D eigenvalue weighted by Crippen LogP contribution is -2.53. The van der Waals surface area contributed by atoms with Gasteiger partial charge < -0.3 is 15.8 Å². The molecule has 0 saturated heterocycles. The molecule has 0 radical (unpaired) electrons. The van der Waals surface area contributed by atoms with E-state index in [0.29, 0.717) is 6.61 Å². The Kier molecular flexibility index (Phi) is 4.71. The van der Waals surface area contributed by atoms with Crippen molar-refractivity contribution in [2.24, 2.45) is 11.1 Å². The summed E-state index contributed by atoms with van der Waals surface area (Å²) in [5.74, 6) is -0.0939. The average molecular weight is 264 g/mol. The molecule has 0 bridgehead atoms. The maximum atomic E-state index is 12.4. The zero-order valence-electron chi connectivity index (χ0n) is 12.4. The molecule has 0 unspecified atom stereocenters. The lowest BCUT2D eigenvalue weighted by Gasteiger charge is -2.37. The molecule has 3 N–H and O–H groups in total. The largest absolute Gasteiger partial charge is 0.380 e. The molecular weight excluding hydrogens is 240 g/mol. The summed E-state index contributed by atoms with van der Waals surface area (Å²) >= 11 is 0. The third-order valence-corrected chi connectivity index (χ3v) is 3.74. The minimum atomic E-state index is -0.673. The van der Waals surface area contributed by atoms with Gasteiger partial charge in [-0.3, -0.25) is 4.79 Å². The second-order valence-corrected chi connectivity index (χ2v) is 5.89. The molecule has 0 atom stereocenters. The number of amides is 1. The smallest absolute Gasteiger partial charge is 0.231 e. The SMILES string of the molecule is COCc1ccccc1NC(=O)C(C)(C)C(C)(C)N. The number of carbonyl (C=O) groups is 1. The van der Waals surface area contributed by atoms with Gasteiger partial charge in [-0.05, 0) is 33.8 Å². The lowest BCUT2D eigenvalue weighted by molar-refractivity contribution is -0.126. The molecule has 1 aromatic rings. The maximum Gasteiger partial charge on any atom is 0.231 e. The van der Waals surface area contributed by atoms with Crippen molar-refractivity contribution in [2.45, 2.75) is 39.8 Å². The van der Waals surface area contributed by atoms with Crippen molar-refractivity contribution >= 4 is 11.6 Å². The van der Waals surface area contributed by atoms with E-state index in [1.54, 1.807) is 7.11 Å². The molecule has 0 fully saturated rings. The Hall–Kier alpha value is -1.39. The minimum absolute atomic E-state index is 0.0939. The van der Waals surface area contributed by atoms with Crippen molar-refractivity contribution in [1.82, 2.24) is 0 Å². The Morgan fingerprint density at radius 1 is 1.26 bits per heavy atom. The van der Waals surface area contributed by atoms with Crippen LogP contribution in [-0.2, 0) is 16.1 Å². The van der Waals surface area contributed by atoms with Crippen LogP contribution in [0.5, 0.6) is 0 Å². The van der Waals surface area contributed by atoms with E-state index in [1.807, 2.05) is 52.0 Å². The number of benzene rings is 1. The standard InChI is InChI=1S/C15H24N2O2/c1-14(2,15(3,4)16)13(18)17-12-9-7-6-8-11(12)10-19-5/h6-9H,10,16H2,1-5H3,(H,17,18). The number of para-hydroxylation sites is 1. The molecule has 0 saturated carbocycles. The van der Waals surface area contributed by atoms with Crippen LogP contribution >= 0.6 is 0 Å². The summed E-state index contributed by atoms with van der Waals surface area (Å²) in [6.45, 7) is 7.87. The molecule has 1 rings (SSSR count). The monoisotopic (exact) mass is 264 g/mol. The Morgan fingerprint density at radius 2 is 1.84 bits per heavy atom. The molecule has 4 heteroatoms. The topological polar surface area (TPSA) is 64.3 Å². The Morgan fingerprint density at radius 3 is 2.37 bits per heavy atom. The number of methoxy groups -OCH3 is 1. The van der Waals surface area contributed by atoms with E-state index in [-0.39, 0.29) is 5.91 Å². The van der Waals surface area contributed by atoms with Gasteiger partial charge >= 0.3 is 0 Å². The second kappa shape index (κ2) is 5.72. The third-order valence-electron chi connectivity index (χ3n) is 3.74. The summed E-state index contributed by atoms with van der Waals surface area (Å²) in [5.41, 5.74) is 6.52. The quantitative estimate of drug-likeness (QED) is 0.859. The Balaban J connectivity index is 2.94. The van der Waals surface area contributed by atoms with E-state index in [0.717, 1.165) is 11.3 Å². The van der Waals surface area contributed by atoms with Gasteiger partial charge in [-0.1, -0.05) is 18.2 Å². The van der Waals surface area contributed by atoms with Gasteiger partial charge in [0.1, 0.15) is 0 Å². The number of carbonyl (C=O) groups excluding carboxylic acids is 1. The summed E-state index contributed by atoms with van der Waals surface area (Å²) in [4.78, 5) is 12.4. The zero-order chi connectivity index (χ0) is 14.7. The Bertz CT molecular complexity index is 448. The van der Waals surface area contributed by atoms with E-state index >= 15 is 0 Å². The first kappa shape index (κ1) is 15.7. The highest BCUT2D eigenvalue weighted by atomic mass is 16.5. The van der Waals surface area contributed by atoms with E-state index in [1.165, 1.54) is 0 Å². The summed E-state index contributed by atoms with van der Waals surface area (Å²) in [6, 6.07) is 7.60. The normalized spacial score (nSPS) is 12.3. The summed E-state index contributed by atoms with van der Waals surface area (Å²) < 4.78 is 5.13. The number of hydrogen-bond donors (Lipinski definition) is 2. The van der Waals surface area contributed by atoms with Crippen LogP contribution in [0.2, 0.25) is 0 Å². The molecule has 106 valence electrons. The van der Waals surface area contributed by atoms with Gasteiger partial charge in [0.15, 0.2) is 0 Å². The van der Waals surface area contributed by atoms with Crippen LogP contribution in [0, 0.1) is 5.41 Å². The van der Waals surface area contributed by atoms with Crippen LogP contribution in [0.4, 0.5) is 5.69 Å². The summed E-state index contributed by atoms with van der Waals surface area (Å²) in [5, 5.41) is 2.94. The van der Waals surface area contributed by atoms with Gasteiger partial charge in [0, 0.05) is 23.9 Å². The molecule has 0 heterocycles. The van der Waals surface area contributed by atoms with Gasteiger partial charge in [0.05, 0.1) is 12.0 Å². The average Bonchev–Trinajstić information content (AvgIpc) is 2.30. The van der Waals surface area contributed by atoms with Crippen molar-refractivity contribution in [3.8, 4) is 0 Å². The number of anilines is 1. The lowest BCUT2D eigenvalue weighted by atomic mass is 9.74. The van der Waals surface area contributed by atoms with Gasteiger partial charge in [0.25, 0.3) is 0 Å². The number of rotatable bonds is 5. The van der Waals surface area contributed by atoms with E-state index < -0.39 is 11.0 Å². The molecule has 1 aromatic carbocycles. The highest BCUT2D eigenvalue weighted by Crippen LogP contribution is 2.30. The van der Waals surface area contributed by atoms with Crippen molar-refractivity contribution in [2.75, 3.05) is 12.4 Å². The zero-order valence-corrected chi connectivity index (χ0v) is 12.4. The summed E-state index contributed by atoms with van der Waals surface area (Å²) in [7, 11) is 1.63. The first-order valence-corrected chi connectivity index (χ1v) is 6.37. The van der Waals surface area contributed by atoms with Gasteiger partial charge in [-0.25, -0.2) is 0 Å².